The summed E-state index contributed by atoms with van der Waals surface area (Å²) in [6.45, 7) is 0. The van der Waals surface area contributed by atoms with E-state index >= 15 is 0 Å². The first-order valence-corrected chi connectivity index (χ1v) is 7.39. The van der Waals surface area contributed by atoms with Crippen molar-refractivity contribution in [2.24, 2.45) is 5.14 Å². The quantitative estimate of drug-likeness (QED) is 0.661. The first kappa shape index (κ1) is 11.5. The van der Waals surface area contributed by atoms with Gasteiger partial charge in [-0.15, -0.1) is 0 Å². The summed E-state index contributed by atoms with van der Waals surface area (Å²) in [7, 11) is -7.68. The van der Waals surface area contributed by atoms with Crippen molar-refractivity contribution in [1.82, 2.24) is 4.72 Å². The summed E-state index contributed by atoms with van der Waals surface area (Å²) in [5.41, 5.74) is 0.280. The van der Waals surface area contributed by atoms with Gasteiger partial charge in [-0.1, -0.05) is 12.2 Å². The van der Waals surface area contributed by atoms with Gasteiger partial charge in [0.05, 0.1) is 9.79 Å². The highest BCUT2D eigenvalue weighted by atomic mass is 32.2. The van der Waals surface area contributed by atoms with Crippen LogP contribution in [0.15, 0.2) is 28.0 Å². The summed E-state index contributed by atoms with van der Waals surface area (Å²) < 4.78 is 47.2. The van der Waals surface area contributed by atoms with E-state index in [-0.39, 0.29) is 20.3 Å². The molecule has 3 N–H and O–H groups in total. The Labute approximate surface area is 97.6 Å². The Morgan fingerprint density at radius 2 is 1.94 bits per heavy atom. The van der Waals surface area contributed by atoms with Crippen LogP contribution in [0.3, 0.4) is 0 Å². The van der Waals surface area contributed by atoms with Gasteiger partial charge in [-0.3, -0.25) is 4.72 Å². The Morgan fingerprint density at radius 3 is 2.50 bits per heavy atom. The van der Waals surface area contributed by atoms with E-state index in [1.54, 1.807) is 0 Å². The van der Waals surface area contributed by atoms with Gasteiger partial charge in [0, 0.05) is 5.56 Å². The van der Waals surface area contributed by atoms with E-state index in [9.17, 15) is 16.8 Å². The van der Waals surface area contributed by atoms with E-state index in [1.807, 2.05) is 0 Å². The van der Waals surface area contributed by atoms with E-state index in [4.69, 9.17) is 17.4 Å². The van der Waals surface area contributed by atoms with Crippen LogP contribution in [0.2, 0.25) is 0 Å². The van der Waals surface area contributed by atoms with E-state index in [2.05, 4.69) is 4.72 Å². The maximum atomic E-state index is 11.5. The summed E-state index contributed by atoms with van der Waals surface area (Å²) >= 11 is 4.79. The molecule has 1 aliphatic rings. The Morgan fingerprint density at radius 1 is 1.31 bits per heavy atom. The average molecular weight is 278 g/mol. The summed E-state index contributed by atoms with van der Waals surface area (Å²) in [6.07, 6.45) is 0. The molecule has 86 valence electrons. The van der Waals surface area contributed by atoms with Crippen molar-refractivity contribution >= 4 is 37.3 Å². The second-order valence-corrected chi connectivity index (χ2v) is 6.76. The predicted molar refractivity (Wildman–Crippen MR) is 59.8 cm³/mol. The fraction of sp³-hybridized carbons (Fsp3) is 0. The number of thiocarbonyl (C=S) groups is 1. The lowest BCUT2D eigenvalue weighted by Gasteiger charge is -2.00. The molecule has 1 aliphatic heterocycles. The van der Waals surface area contributed by atoms with Crippen molar-refractivity contribution in [3.05, 3.63) is 23.8 Å². The number of nitrogens with two attached hydrogens (primary N) is 1. The van der Waals surface area contributed by atoms with Crippen LogP contribution in [0.4, 0.5) is 0 Å². The SMILES string of the molecule is NS(=O)(=O)c1ccc2c(c1)S(=O)(=O)NC2=S. The van der Waals surface area contributed by atoms with E-state index in [0.29, 0.717) is 0 Å². The van der Waals surface area contributed by atoms with Crippen LogP contribution in [-0.2, 0) is 20.0 Å². The number of hydrogen-bond donors (Lipinski definition) is 2. The molecule has 16 heavy (non-hydrogen) atoms. The molecular formula is C7H6N2O4S3. The van der Waals surface area contributed by atoms with Gasteiger partial charge in [-0.25, -0.2) is 22.0 Å². The Hall–Kier alpha value is -1.03. The molecule has 1 heterocycles. The summed E-state index contributed by atoms with van der Waals surface area (Å²) in [6, 6.07) is 3.52. The first-order valence-electron chi connectivity index (χ1n) is 3.96. The maximum Gasteiger partial charge on any atom is 0.263 e. The minimum absolute atomic E-state index is 0.0518. The van der Waals surface area contributed by atoms with Gasteiger partial charge in [0.15, 0.2) is 0 Å². The van der Waals surface area contributed by atoms with Gasteiger partial charge >= 0.3 is 0 Å². The van der Waals surface area contributed by atoms with Crippen molar-refractivity contribution < 1.29 is 16.8 Å². The van der Waals surface area contributed by atoms with Crippen LogP contribution in [-0.4, -0.2) is 21.8 Å². The largest absolute Gasteiger partial charge is 0.269 e. The molecule has 0 spiro atoms. The zero-order chi connectivity index (χ0) is 12.1. The lowest BCUT2D eigenvalue weighted by atomic mass is 10.2. The molecule has 9 heteroatoms. The molecular weight excluding hydrogens is 272 g/mol. The first-order chi connectivity index (χ1) is 7.22. The predicted octanol–water partition coefficient (Wildman–Crippen LogP) is -0.699. The van der Waals surface area contributed by atoms with E-state index in [0.717, 1.165) is 6.07 Å². The van der Waals surface area contributed by atoms with Crippen LogP contribution < -0.4 is 9.86 Å². The fourth-order valence-electron chi connectivity index (χ4n) is 1.32. The molecule has 1 aromatic rings. The van der Waals surface area contributed by atoms with Crippen molar-refractivity contribution in [2.75, 3.05) is 0 Å². The lowest BCUT2D eigenvalue weighted by Crippen LogP contribution is -2.20. The number of rotatable bonds is 1. The highest BCUT2D eigenvalue weighted by Crippen LogP contribution is 2.25. The number of nitrogens with one attached hydrogen (secondary N) is 1. The molecule has 0 bridgehead atoms. The minimum Gasteiger partial charge on any atom is -0.269 e. The van der Waals surface area contributed by atoms with Crippen LogP contribution in [0.5, 0.6) is 0 Å². The van der Waals surface area contributed by atoms with Crippen molar-refractivity contribution in [1.29, 1.82) is 0 Å². The van der Waals surface area contributed by atoms with Crippen molar-refractivity contribution in [3.8, 4) is 0 Å². The third kappa shape index (κ3) is 1.71. The Balaban J connectivity index is 2.79. The standard InChI is InChI=1S/C7H6N2O4S3/c8-15(10,11)4-1-2-5-6(3-4)16(12,13)9-7(5)14/h1-3H,(H,9,14)(H2,8,10,11). The highest BCUT2D eigenvalue weighted by molar-refractivity contribution is 7.93. The lowest BCUT2D eigenvalue weighted by molar-refractivity contribution is 0.594. The minimum atomic E-state index is -3.93. The second kappa shape index (κ2) is 3.23. The third-order valence-electron chi connectivity index (χ3n) is 2.04. The molecule has 0 aliphatic carbocycles. The fourth-order valence-corrected chi connectivity index (χ4v) is 3.71. The third-order valence-corrected chi connectivity index (χ3v) is 4.79. The summed E-state index contributed by atoms with van der Waals surface area (Å²) in [4.78, 5) is -0.374. The van der Waals surface area contributed by atoms with Crippen molar-refractivity contribution in [3.63, 3.8) is 0 Å². The molecule has 2 rings (SSSR count). The van der Waals surface area contributed by atoms with Gasteiger partial charge in [0.1, 0.15) is 4.99 Å². The molecule has 0 atom stereocenters. The van der Waals surface area contributed by atoms with Crippen LogP contribution >= 0.6 is 12.2 Å². The van der Waals surface area contributed by atoms with Gasteiger partial charge in [0.2, 0.25) is 10.0 Å². The number of benzene rings is 1. The number of primary sulfonamides is 1. The topological polar surface area (TPSA) is 106 Å². The second-order valence-electron chi connectivity index (χ2n) is 3.14. The molecule has 0 fully saturated rings. The molecule has 1 aromatic carbocycles. The Kier molecular flexibility index (Phi) is 2.31. The molecule has 0 saturated heterocycles. The van der Waals surface area contributed by atoms with E-state index < -0.39 is 20.0 Å². The molecule has 0 saturated carbocycles. The van der Waals surface area contributed by atoms with Crippen LogP contribution in [0.25, 0.3) is 0 Å². The van der Waals surface area contributed by atoms with Gasteiger partial charge in [-0.05, 0) is 18.2 Å². The van der Waals surface area contributed by atoms with Gasteiger partial charge in [-0.2, -0.15) is 0 Å². The monoisotopic (exact) mass is 278 g/mol. The van der Waals surface area contributed by atoms with Crippen LogP contribution in [0.1, 0.15) is 5.56 Å². The molecule has 0 radical (unpaired) electrons. The maximum absolute atomic E-state index is 11.5. The number of hydrogen-bond acceptors (Lipinski definition) is 5. The average Bonchev–Trinajstić information content (AvgIpc) is 2.36. The van der Waals surface area contributed by atoms with Crippen LogP contribution in [0, 0.1) is 0 Å². The van der Waals surface area contributed by atoms with Crippen molar-refractivity contribution in [2.45, 2.75) is 9.79 Å². The molecule has 0 aromatic heterocycles. The van der Waals surface area contributed by atoms with E-state index in [1.165, 1.54) is 12.1 Å². The smallest absolute Gasteiger partial charge is 0.263 e. The summed E-state index contributed by atoms with van der Waals surface area (Å²) in [5.74, 6) is 0. The zero-order valence-corrected chi connectivity index (χ0v) is 10.1. The number of sulfonamides is 2. The molecule has 0 amide bonds. The highest BCUT2D eigenvalue weighted by Gasteiger charge is 2.30. The summed E-state index contributed by atoms with van der Waals surface area (Å²) in [5, 5.41) is 4.90. The molecule has 6 nitrogen and oxygen atoms in total. The number of fused-ring (bicyclic) bond motifs is 1. The Bertz CT molecular complexity index is 690. The van der Waals surface area contributed by atoms with Gasteiger partial charge in [0.25, 0.3) is 10.0 Å². The molecule has 0 unspecified atom stereocenters. The zero-order valence-electron chi connectivity index (χ0n) is 7.67. The van der Waals surface area contributed by atoms with Gasteiger partial charge < -0.3 is 0 Å². The normalized spacial score (nSPS) is 17.9.